The molecule has 3 fully saturated rings. The lowest BCUT2D eigenvalue weighted by Gasteiger charge is -2.39. The molecule has 0 atom stereocenters. The molecule has 1 saturated carbocycles. The Balaban J connectivity index is 1.14. The molecule has 10 heteroatoms. The van der Waals surface area contributed by atoms with Crippen LogP contribution in [0, 0.1) is 11.3 Å². The van der Waals surface area contributed by atoms with E-state index in [1.165, 1.54) is 11.3 Å². The number of carbonyl (C=O) groups excluding carboxylic acids is 2. The number of benzene rings is 1. The van der Waals surface area contributed by atoms with Gasteiger partial charge in [-0.05, 0) is 37.8 Å². The Labute approximate surface area is 239 Å². The first-order valence-corrected chi connectivity index (χ1v) is 14.8. The number of piperazine rings is 1. The number of H-pyrrole nitrogens is 1. The number of ketones is 1. The Hall–Kier alpha value is -3.95. The number of nitrogens with one attached hydrogen (secondary N) is 1. The number of amides is 2. The Morgan fingerprint density at radius 3 is 2.41 bits per heavy atom. The fourth-order valence-corrected chi connectivity index (χ4v) is 6.71. The largest absolute Gasteiger partial charge is 0.465 e. The standard InChI is InChI=1S/C31H38N6O4/c1-31(10-3-2-4-11-31)27(38)24-19-32-28-26(24)34-25(20-33-28)22-6-5-7-23(18-22)35-14-16-36(17-15-35)29(39)21-8-12-37(13-9-21)30(40)41/h5-7,18-21H,2-4,8-17H2,1H3,(H,32,33)(H,40,41). The summed E-state index contributed by atoms with van der Waals surface area (Å²) in [6, 6.07) is 8.20. The lowest BCUT2D eigenvalue weighted by Crippen LogP contribution is -2.52. The van der Waals surface area contributed by atoms with Gasteiger partial charge in [-0.3, -0.25) is 9.59 Å². The molecule has 0 radical (unpaired) electrons. The molecule has 3 aliphatic rings. The van der Waals surface area contributed by atoms with Crippen molar-refractivity contribution in [1.29, 1.82) is 0 Å². The molecule has 1 aliphatic carbocycles. The van der Waals surface area contributed by atoms with E-state index in [0.717, 1.165) is 55.7 Å². The van der Waals surface area contributed by atoms with Crippen LogP contribution in [0.4, 0.5) is 10.5 Å². The molecule has 4 heterocycles. The van der Waals surface area contributed by atoms with E-state index in [4.69, 9.17) is 4.98 Å². The Bertz CT molecular complexity index is 1450. The summed E-state index contributed by atoms with van der Waals surface area (Å²) in [5, 5.41) is 9.17. The van der Waals surface area contributed by atoms with Crippen molar-refractivity contribution >= 4 is 34.6 Å². The summed E-state index contributed by atoms with van der Waals surface area (Å²) >= 11 is 0. The van der Waals surface area contributed by atoms with Gasteiger partial charge in [-0.2, -0.15) is 0 Å². The number of piperidine rings is 1. The molecule has 3 aromatic rings. The van der Waals surface area contributed by atoms with Crippen LogP contribution in [0.2, 0.25) is 0 Å². The van der Waals surface area contributed by atoms with Crippen molar-refractivity contribution in [2.24, 2.45) is 11.3 Å². The van der Waals surface area contributed by atoms with Gasteiger partial charge < -0.3 is 24.8 Å². The first kappa shape index (κ1) is 27.2. The zero-order valence-corrected chi connectivity index (χ0v) is 23.6. The number of Topliss-reactive ketones (excluding diaryl/α,β-unsaturated/α-hetero) is 1. The number of hydrogen-bond acceptors (Lipinski definition) is 6. The summed E-state index contributed by atoms with van der Waals surface area (Å²) in [7, 11) is 0. The van der Waals surface area contributed by atoms with Crippen LogP contribution in [-0.4, -0.2) is 86.9 Å². The van der Waals surface area contributed by atoms with Gasteiger partial charge in [-0.1, -0.05) is 38.3 Å². The minimum atomic E-state index is -0.909. The molecule has 0 bridgehead atoms. The summed E-state index contributed by atoms with van der Waals surface area (Å²) in [5.74, 6) is 0.203. The lowest BCUT2D eigenvalue weighted by atomic mass is 9.71. The summed E-state index contributed by atoms with van der Waals surface area (Å²) < 4.78 is 0. The summed E-state index contributed by atoms with van der Waals surface area (Å²) in [6.45, 7) is 5.66. The highest BCUT2D eigenvalue weighted by Gasteiger charge is 2.37. The third-order valence-corrected chi connectivity index (χ3v) is 9.34. The van der Waals surface area contributed by atoms with Crippen molar-refractivity contribution in [3.63, 3.8) is 0 Å². The van der Waals surface area contributed by atoms with Gasteiger partial charge in [-0.25, -0.2) is 14.8 Å². The molecular weight excluding hydrogens is 520 g/mol. The molecule has 2 saturated heterocycles. The van der Waals surface area contributed by atoms with Crippen molar-refractivity contribution in [2.75, 3.05) is 44.2 Å². The maximum atomic E-state index is 13.6. The van der Waals surface area contributed by atoms with E-state index >= 15 is 0 Å². The third kappa shape index (κ3) is 5.39. The van der Waals surface area contributed by atoms with Crippen molar-refractivity contribution in [3.8, 4) is 11.3 Å². The number of anilines is 1. The van der Waals surface area contributed by atoms with E-state index in [0.29, 0.717) is 55.7 Å². The smallest absolute Gasteiger partial charge is 0.407 e. The molecule has 6 rings (SSSR count). The zero-order valence-electron chi connectivity index (χ0n) is 23.6. The highest BCUT2D eigenvalue weighted by Crippen LogP contribution is 2.39. The predicted molar refractivity (Wildman–Crippen MR) is 156 cm³/mol. The van der Waals surface area contributed by atoms with Crippen LogP contribution in [0.15, 0.2) is 36.7 Å². The summed E-state index contributed by atoms with van der Waals surface area (Å²) in [4.78, 5) is 56.1. The molecule has 41 heavy (non-hydrogen) atoms. The number of fused-ring (bicyclic) bond motifs is 1. The maximum Gasteiger partial charge on any atom is 0.407 e. The Morgan fingerprint density at radius 2 is 1.71 bits per heavy atom. The molecule has 2 amide bonds. The fourth-order valence-electron chi connectivity index (χ4n) is 6.71. The highest BCUT2D eigenvalue weighted by molar-refractivity contribution is 6.08. The van der Waals surface area contributed by atoms with Crippen molar-refractivity contribution < 1.29 is 19.5 Å². The Kier molecular flexibility index (Phi) is 7.40. The topological polar surface area (TPSA) is 123 Å². The number of carboxylic acid groups (broad SMARTS) is 1. The maximum absolute atomic E-state index is 13.6. The van der Waals surface area contributed by atoms with Gasteiger partial charge in [0.1, 0.15) is 5.52 Å². The molecule has 216 valence electrons. The van der Waals surface area contributed by atoms with Gasteiger partial charge >= 0.3 is 6.09 Å². The van der Waals surface area contributed by atoms with Crippen LogP contribution in [-0.2, 0) is 4.79 Å². The van der Waals surface area contributed by atoms with Crippen molar-refractivity contribution in [1.82, 2.24) is 24.8 Å². The first-order valence-electron chi connectivity index (χ1n) is 14.8. The van der Waals surface area contributed by atoms with Crippen LogP contribution in [0.5, 0.6) is 0 Å². The molecule has 0 unspecified atom stereocenters. The number of nitrogens with zero attached hydrogens (tertiary/aromatic N) is 5. The lowest BCUT2D eigenvalue weighted by molar-refractivity contribution is -0.137. The average molecular weight is 559 g/mol. The summed E-state index contributed by atoms with van der Waals surface area (Å²) in [5.41, 5.74) is 4.26. The molecule has 10 nitrogen and oxygen atoms in total. The molecule has 1 aromatic carbocycles. The first-order chi connectivity index (χ1) is 19.8. The van der Waals surface area contributed by atoms with E-state index in [1.807, 2.05) is 17.0 Å². The van der Waals surface area contributed by atoms with Crippen LogP contribution in [0.25, 0.3) is 22.4 Å². The Morgan fingerprint density at radius 1 is 0.976 bits per heavy atom. The van der Waals surface area contributed by atoms with E-state index in [1.54, 1.807) is 12.4 Å². The van der Waals surface area contributed by atoms with Gasteiger partial charge in [0, 0.05) is 68.0 Å². The number of aromatic nitrogens is 3. The van der Waals surface area contributed by atoms with Gasteiger partial charge in [-0.15, -0.1) is 0 Å². The SMILES string of the molecule is CC1(C(=O)c2c[nH]c3ncc(-c4cccc(N5CCN(C(=O)C6CCN(C(=O)O)CC6)CC5)c4)nc23)CCCCC1. The van der Waals surface area contributed by atoms with Gasteiger partial charge in [0.2, 0.25) is 5.91 Å². The third-order valence-electron chi connectivity index (χ3n) is 9.34. The van der Waals surface area contributed by atoms with Crippen molar-refractivity contribution in [3.05, 3.63) is 42.2 Å². The second-order valence-electron chi connectivity index (χ2n) is 12.0. The van der Waals surface area contributed by atoms with Crippen LogP contribution in [0.3, 0.4) is 0 Å². The van der Waals surface area contributed by atoms with Gasteiger partial charge in [0.15, 0.2) is 11.4 Å². The molecule has 2 aliphatic heterocycles. The fraction of sp³-hybridized carbons (Fsp3) is 0.516. The zero-order chi connectivity index (χ0) is 28.6. The van der Waals surface area contributed by atoms with Crippen LogP contribution < -0.4 is 4.90 Å². The second-order valence-corrected chi connectivity index (χ2v) is 12.0. The van der Waals surface area contributed by atoms with E-state index in [-0.39, 0.29) is 23.0 Å². The second kappa shape index (κ2) is 11.1. The number of aromatic amines is 1. The minimum absolute atomic E-state index is 0.0973. The van der Waals surface area contributed by atoms with E-state index in [9.17, 15) is 19.5 Å². The number of likely N-dealkylation sites (tertiary alicyclic amines) is 1. The molecule has 2 N–H and O–H groups in total. The number of hydrogen-bond donors (Lipinski definition) is 2. The monoisotopic (exact) mass is 558 g/mol. The quantitative estimate of drug-likeness (QED) is 0.431. The normalized spacial score (nSPS) is 19.9. The summed E-state index contributed by atoms with van der Waals surface area (Å²) in [6.07, 6.45) is 8.98. The molecule has 0 spiro atoms. The minimum Gasteiger partial charge on any atom is -0.465 e. The van der Waals surface area contributed by atoms with Crippen molar-refractivity contribution in [2.45, 2.75) is 51.9 Å². The number of rotatable bonds is 5. The van der Waals surface area contributed by atoms with Crippen LogP contribution in [0.1, 0.15) is 62.2 Å². The number of carbonyl (C=O) groups is 3. The molecule has 2 aromatic heterocycles. The van der Waals surface area contributed by atoms with E-state index < -0.39 is 6.09 Å². The highest BCUT2D eigenvalue weighted by atomic mass is 16.4. The van der Waals surface area contributed by atoms with E-state index in [2.05, 4.69) is 33.9 Å². The van der Waals surface area contributed by atoms with Gasteiger partial charge in [0.05, 0.1) is 17.5 Å². The van der Waals surface area contributed by atoms with Crippen LogP contribution >= 0.6 is 0 Å². The predicted octanol–water partition coefficient (Wildman–Crippen LogP) is 4.82. The average Bonchev–Trinajstić information content (AvgIpc) is 3.44. The molecular formula is C31H38N6O4. The van der Waals surface area contributed by atoms with Gasteiger partial charge in [0.25, 0.3) is 0 Å².